The molecule has 4 bridgehead atoms. The highest BCUT2D eigenvalue weighted by Gasteiger charge is 2.91. The summed E-state index contributed by atoms with van der Waals surface area (Å²) in [5, 5.41) is 0. The molecule has 0 aromatic carbocycles. The van der Waals surface area contributed by atoms with Gasteiger partial charge in [0.05, 0.1) is 18.4 Å². The van der Waals surface area contributed by atoms with E-state index in [0.29, 0.717) is 6.42 Å². The van der Waals surface area contributed by atoms with Gasteiger partial charge in [0.1, 0.15) is 0 Å². The molecule has 0 heterocycles. The van der Waals surface area contributed by atoms with E-state index < -0.39 is 72.5 Å². The normalized spacial score (nSPS) is 32.6. The molecule has 0 N–H and O–H groups in total. The Morgan fingerprint density at radius 1 is 0.784 bits per heavy atom. The molecule has 4 rings (SSSR count). The van der Waals surface area contributed by atoms with Crippen molar-refractivity contribution in [3.8, 4) is 0 Å². The quantitative estimate of drug-likeness (QED) is 0.203. The first-order valence-electron chi connectivity index (χ1n) is 10.8. The Kier molecular flexibility index (Phi) is 6.46. The Morgan fingerprint density at radius 3 is 1.65 bits per heavy atom. The standard InChI is InChI=1S/C20H19F15O2/c1-7-9-5-10-11(7)15(10,8(9)2)12(36)37-4-3-13(21,22)6-14(23,24)16(25,26)17(27,28)18(29,30)19(31,32)20(33,34)35/h7-11H,3-6H2,1-2H3. The van der Waals surface area contributed by atoms with Crippen LogP contribution < -0.4 is 0 Å². The van der Waals surface area contributed by atoms with E-state index in [-0.39, 0.29) is 29.6 Å². The third-order valence-corrected chi connectivity index (χ3v) is 8.19. The van der Waals surface area contributed by atoms with Gasteiger partial charge in [-0.05, 0) is 36.0 Å². The number of alkyl halides is 15. The van der Waals surface area contributed by atoms with Gasteiger partial charge in [0.25, 0.3) is 5.92 Å². The van der Waals surface area contributed by atoms with Crippen LogP contribution in [0, 0.1) is 35.0 Å². The highest BCUT2D eigenvalue weighted by atomic mass is 19.4. The van der Waals surface area contributed by atoms with Gasteiger partial charge in [-0.15, -0.1) is 0 Å². The van der Waals surface area contributed by atoms with Crippen molar-refractivity contribution >= 4 is 5.97 Å². The van der Waals surface area contributed by atoms with Crippen LogP contribution in [0.25, 0.3) is 0 Å². The summed E-state index contributed by atoms with van der Waals surface area (Å²) in [6, 6.07) is 0. The Labute approximate surface area is 198 Å². The van der Waals surface area contributed by atoms with Crippen LogP contribution in [0.15, 0.2) is 0 Å². The molecular formula is C20H19F15O2. The number of carbonyl (C=O) groups excluding carboxylic acids is 1. The molecule has 4 fully saturated rings. The summed E-state index contributed by atoms with van der Waals surface area (Å²) in [5.41, 5.74) is -0.978. The van der Waals surface area contributed by atoms with E-state index in [0.717, 1.165) is 0 Å². The zero-order chi connectivity index (χ0) is 29.0. The first-order valence-corrected chi connectivity index (χ1v) is 10.8. The average Bonchev–Trinajstić information content (AvgIpc) is 2.99. The maximum absolute atomic E-state index is 13.9. The molecule has 6 atom stereocenters. The predicted molar refractivity (Wildman–Crippen MR) is 91.8 cm³/mol. The second-order valence-corrected chi connectivity index (χ2v) is 10.0. The summed E-state index contributed by atoms with van der Waals surface area (Å²) < 4.78 is 203. The van der Waals surface area contributed by atoms with E-state index in [2.05, 4.69) is 4.74 Å². The van der Waals surface area contributed by atoms with Crippen molar-refractivity contribution in [1.82, 2.24) is 0 Å². The summed E-state index contributed by atoms with van der Waals surface area (Å²) in [4.78, 5) is 12.5. The first-order chi connectivity index (χ1) is 16.3. The minimum absolute atomic E-state index is 0.0859. The molecule has 6 unspecified atom stereocenters. The molecule has 0 radical (unpaired) electrons. The van der Waals surface area contributed by atoms with Crippen molar-refractivity contribution < 1.29 is 75.4 Å². The van der Waals surface area contributed by atoms with Gasteiger partial charge >= 0.3 is 41.8 Å². The van der Waals surface area contributed by atoms with Crippen molar-refractivity contribution in [2.45, 2.75) is 74.8 Å². The zero-order valence-electron chi connectivity index (χ0n) is 18.7. The number of carbonyl (C=O) groups is 1. The smallest absolute Gasteiger partial charge is 0.460 e. The summed E-state index contributed by atoms with van der Waals surface area (Å²) in [5.74, 6) is -45.1. The number of ether oxygens (including phenoxy) is 1. The van der Waals surface area contributed by atoms with Crippen LogP contribution in [0.5, 0.6) is 0 Å². The molecule has 0 aromatic rings. The Bertz CT molecular complexity index is 923. The fourth-order valence-corrected chi connectivity index (χ4v) is 6.30. The van der Waals surface area contributed by atoms with Gasteiger partial charge in [0.2, 0.25) is 0 Å². The highest BCUT2D eigenvalue weighted by molar-refractivity contribution is 5.84. The molecule has 4 aliphatic carbocycles. The van der Waals surface area contributed by atoms with Crippen molar-refractivity contribution in [3.63, 3.8) is 0 Å². The number of hydrogen-bond acceptors (Lipinski definition) is 2. The molecule has 0 spiro atoms. The summed E-state index contributed by atoms with van der Waals surface area (Å²) in [6.07, 6.45) is -12.6. The van der Waals surface area contributed by atoms with E-state index in [1.807, 2.05) is 6.92 Å². The Morgan fingerprint density at radius 2 is 1.27 bits per heavy atom. The topological polar surface area (TPSA) is 26.3 Å². The predicted octanol–water partition coefficient (Wildman–Crippen LogP) is 7.22. The lowest BCUT2D eigenvalue weighted by Gasteiger charge is -2.40. The molecule has 37 heavy (non-hydrogen) atoms. The molecule has 216 valence electrons. The minimum Gasteiger partial charge on any atom is -0.465 e. The zero-order valence-corrected chi connectivity index (χ0v) is 18.7. The van der Waals surface area contributed by atoms with E-state index in [4.69, 9.17) is 0 Å². The number of esters is 1. The third kappa shape index (κ3) is 3.73. The summed E-state index contributed by atoms with van der Waals surface area (Å²) >= 11 is 0. The molecule has 0 amide bonds. The average molecular weight is 576 g/mol. The maximum Gasteiger partial charge on any atom is 0.460 e. The van der Waals surface area contributed by atoms with Gasteiger partial charge < -0.3 is 4.74 Å². The lowest BCUT2D eigenvalue weighted by atomic mass is 9.90. The van der Waals surface area contributed by atoms with Crippen molar-refractivity contribution in [2.24, 2.45) is 35.0 Å². The largest absolute Gasteiger partial charge is 0.465 e. The molecule has 0 aliphatic heterocycles. The maximum atomic E-state index is 13.9. The summed E-state index contributed by atoms with van der Waals surface area (Å²) in [6.45, 7) is 2.22. The molecular weight excluding hydrogens is 557 g/mol. The van der Waals surface area contributed by atoms with Gasteiger partial charge in [-0.25, -0.2) is 8.78 Å². The van der Waals surface area contributed by atoms with E-state index >= 15 is 0 Å². The lowest BCUT2D eigenvalue weighted by Crippen LogP contribution is -2.70. The van der Waals surface area contributed by atoms with Crippen LogP contribution in [-0.2, 0) is 9.53 Å². The van der Waals surface area contributed by atoms with Crippen LogP contribution in [-0.4, -0.2) is 54.3 Å². The van der Waals surface area contributed by atoms with E-state index in [1.54, 1.807) is 6.92 Å². The fraction of sp³-hybridized carbons (Fsp3) is 0.950. The Hall–Kier alpha value is -1.58. The van der Waals surface area contributed by atoms with Gasteiger partial charge in [0, 0.05) is 6.42 Å². The minimum atomic E-state index is -8.16. The third-order valence-electron chi connectivity index (χ3n) is 8.19. The summed E-state index contributed by atoms with van der Waals surface area (Å²) in [7, 11) is 0. The SMILES string of the molecule is CC1C2CC3C1C3(C(=O)OCCC(F)(F)CC(F)(F)C(F)(F)C(F)(F)C(F)(F)C(F)(F)C(F)(F)F)C2C. The van der Waals surface area contributed by atoms with Gasteiger partial charge in [-0.3, -0.25) is 4.79 Å². The van der Waals surface area contributed by atoms with Crippen LogP contribution in [0.1, 0.15) is 33.1 Å². The number of halogens is 15. The van der Waals surface area contributed by atoms with Crippen molar-refractivity contribution in [2.75, 3.05) is 6.61 Å². The van der Waals surface area contributed by atoms with E-state index in [1.165, 1.54) is 0 Å². The van der Waals surface area contributed by atoms with Crippen molar-refractivity contribution in [3.05, 3.63) is 0 Å². The van der Waals surface area contributed by atoms with Crippen LogP contribution in [0.2, 0.25) is 0 Å². The van der Waals surface area contributed by atoms with E-state index in [9.17, 15) is 70.7 Å². The molecule has 4 saturated carbocycles. The van der Waals surface area contributed by atoms with Crippen LogP contribution >= 0.6 is 0 Å². The molecule has 0 saturated heterocycles. The van der Waals surface area contributed by atoms with Gasteiger partial charge in [0.15, 0.2) is 0 Å². The second kappa shape index (κ2) is 7.98. The second-order valence-electron chi connectivity index (χ2n) is 10.0. The Balaban J connectivity index is 1.68. The molecule has 2 nitrogen and oxygen atoms in total. The van der Waals surface area contributed by atoms with Gasteiger partial charge in [-0.2, -0.15) is 57.1 Å². The van der Waals surface area contributed by atoms with Crippen LogP contribution in [0.3, 0.4) is 0 Å². The number of rotatable bonds is 10. The first kappa shape index (κ1) is 30.0. The fourth-order valence-electron chi connectivity index (χ4n) is 6.30. The highest BCUT2D eigenvalue weighted by Crippen LogP contribution is 2.83. The van der Waals surface area contributed by atoms with Gasteiger partial charge in [-0.1, -0.05) is 13.8 Å². The number of hydrogen-bond donors (Lipinski definition) is 0. The molecule has 17 heteroatoms. The monoisotopic (exact) mass is 576 g/mol. The molecule has 0 aromatic heterocycles. The van der Waals surface area contributed by atoms with Crippen LogP contribution in [0.4, 0.5) is 65.9 Å². The molecule has 4 aliphatic rings. The van der Waals surface area contributed by atoms with Crippen molar-refractivity contribution in [1.29, 1.82) is 0 Å². The lowest BCUT2D eigenvalue weighted by molar-refractivity contribution is -0.442.